The number of rotatable bonds is 8. The largest absolute Gasteiger partial charge is 0.353 e. The highest BCUT2D eigenvalue weighted by Crippen LogP contribution is 2.29. The molecule has 0 bridgehead atoms. The maximum absolute atomic E-state index is 13.3. The highest BCUT2D eigenvalue weighted by atomic mass is 16.2. The number of nitrogens with one attached hydrogen (secondary N) is 1. The van der Waals surface area contributed by atoms with Gasteiger partial charge in [0, 0.05) is 17.5 Å². The van der Waals surface area contributed by atoms with Gasteiger partial charge in [0.2, 0.25) is 0 Å². The van der Waals surface area contributed by atoms with Crippen LogP contribution in [0.5, 0.6) is 0 Å². The fourth-order valence-electron chi connectivity index (χ4n) is 4.22. The molecule has 2 aromatic heterocycles. The molecule has 0 unspecified atom stereocenters. The first kappa shape index (κ1) is 24.1. The lowest BCUT2D eigenvalue weighted by Gasteiger charge is -2.10. The molecule has 0 fully saturated rings. The van der Waals surface area contributed by atoms with Crippen LogP contribution in [0.3, 0.4) is 0 Å². The minimum atomic E-state index is -0.431. The van der Waals surface area contributed by atoms with Crippen molar-refractivity contribution in [2.45, 2.75) is 33.2 Å². The Balaban J connectivity index is 1.46. The van der Waals surface area contributed by atoms with Gasteiger partial charge in [0.15, 0.2) is 5.82 Å². The zero-order chi connectivity index (χ0) is 25.8. The van der Waals surface area contributed by atoms with Crippen molar-refractivity contribution in [1.82, 2.24) is 35.0 Å². The van der Waals surface area contributed by atoms with E-state index in [-0.39, 0.29) is 0 Å². The van der Waals surface area contributed by atoms with Gasteiger partial charge in [-0.3, -0.25) is 9.36 Å². The van der Waals surface area contributed by atoms with E-state index in [1.165, 1.54) is 0 Å². The van der Waals surface area contributed by atoms with Crippen molar-refractivity contribution in [3.8, 4) is 22.5 Å². The molecule has 0 radical (unpaired) electrons. The van der Waals surface area contributed by atoms with E-state index in [1.54, 1.807) is 28.8 Å². The van der Waals surface area contributed by atoms with Crippen LogP contribution in [-0.2, 0) is 13.0 Å². The maximum atomic E-state index is 13.3. The van der Waals surface area contributed by atoms with Crippen molar-refractivity contribution < 1.29 is 4.79 Å². The average Bonchev–Trinajstić information content (AvgIpc) is 3.57. The third-order valence-electron chi connectivity index (χ3n) is 6.23. The van der Waals surface area contributed by atoms with Crippen LogP contribution in [0.2, 0.25) is 0 Å². The molecule has 0 amide bonds. The van der Waals surface area contributed by atoms with E-state index in [0.717, 1.165) is 33.4 Å². The van der Waals surface area contributed by atoms with Gasteiger partial charge < -0.3 is 0 Å². The number of hydrogen-bond acceptors (Lipinski definition) is 6. The quantitative estimate of drug-likeness (QED) is 0.347. The van der Waals surface area contributed by atoms with Crippen LogP contribution in [0, 0.1) is 5.92 Å². The number of benzene rings is 3. The van der Waals surface area contributed by atoms with Gasteiger partial charge in [-0.1, -0.05) is 80.6 Å². The van der Waals surface area contributed by atoms with Crippen LogP contribution < -0.4 is 5.69 Å². The van der Waals surface area contributed by atoms with Gasteiger partial charge in [0.1, 0.15) is 5.82 Å². The third kappa shape index (κ3) is 5.16. The molecule has 5 rings (SSSR count). The number of hydrogen-bond donors (Lipinski definition) is 1. The van der Waals surface area contributed by atoms with E-state index in [9.17, 15) is 9.59 Å². The lowest BCUT2D eigenvalue weighted by atomic mass is 9.98. The molecule has 0 spiro atoms. The van der Waals surface area contributed by atoms with Gasteiger partial charge in [0.05, 0.1) is 6.54 Å². The molecule has 0 aliphatic rings. The molecule has 2 heterocycles. The molecule has 0 atom stereocenters. The molecule has 9 nitrogen and oxygen atoms in total. The third-order valence-corrected chi connectivity index (χ3v) is 6.23. The molecule has 9 heteroatoms. The zero-order valence-corrected chi connectivity index (χ0v) is 20.7. The normalized spacial score (nSPS) is 11.2. The lowest BCUT2D eigenvalue weighted by molar-refractivity contribution is 0.0939. The summed E-state index contributed by atoms with van der Waals surface area (Å²) in [6.45, 7) is 4.57. The van der Waals surface area contributed by atoms with Crippen molar-refractivity contribution in [1.29, 1.82) is 0 Å². The van der Waals surface area contributed by atoms with Crippen LogP contribution in [0.25, 0.3) is 22.5 Å². The number of aromatic nitrogens is 7. The zero-order valence-electron chi connectivity index (χ0n) is 20.7. The molecule has 0 aliphatic heterocycles. The molecule has 3 aromatic carbocycles. The predicted molar refractivity (Wildman–Crippen MR) is 140 cm³/mol. The van der Waals surface area contributed by atoms with Crippen LogP contribution in [0.15, 0.2) is 83.7 Å². The highest BCUT2D eigenvalue weighted by Gasteiger charge is 2.20. The number of carbonyl (C=O) groups is 1. The summed E-state index contributed by atoms with van der Waals surface area (Å²) in [7, 11) is 0. The van der Waals surface area contributed by atoms with Crippen LogP contribution in [0.4, 0.5) is 0 Å². The van der Waals surface area contributed by atoms with Crippen LogP contribution in [-0.4, -0.2) is 40.9 Å². The Labute approximate surface area is 213 Å². The Morgan fingerprint density at radius 3 is 2.30 bits per heavy atom. The Morgan fingerprint density at radius 1 is 0.919 bits per heavy atom. The van der Waals surface area contributed by atoms with Crippen molar-refractivity contribution in [2.75, 3.05) is 0 Å². The van der Waals surface area contributed by atoms with Crippen molar-refractivity contribution in [3.05, 3.63) is 106 Å². The summed E-state index contributed by atoms with van der Waals surface area (Å²) in [5, 5.41) is 18.7. The molecule has 0 aliphatic carbocycles. The Bertz CT molecular complexity index is 1550. The molecular formula is C28H27N7O2. The van der Waals surface area contributed by atoms with Crippen molar-refractivity contribution >= 4 is 5.91 Å². The second-order valence-electron chi connectivity index (χ2n) is 9.29. The predicted octanol–water partition coefficient (Wildman–Crippen LogP) is 4.22. The van der Waals surface area contributed by atoms with E-state index in [2.05, 4.69) is 39.6 Å². The van der Waals surface area contributed by atoms with Crippen LogP contribution >= 0.6 is 0 Å². The molecule has 0 saturated heterocycles. The Kier molecular flexibility index (Phi) is 6.85. The molecule has 1 N–H and O–H groups in total. The van der Waals surface area contributed by atoms with Crippen LogP contribution in [0.1, 0.15) is 42.0 Å². The number of aromatic amines is 1. The van der Waals surface area contributed by atoms with Gasteiger partial charge in [0.25, 0.3) is 5.91 Å². The first-order valence-electron chi connectivity index (χ1n) is 12.2. The first-order valence-corrected chi connectivity index (χ1v) is 12.2. The SMILES string of the molecule is CC(C)CCc1nn(C(=O)c2ccccc2)c(=O)n1Cc1ccc(-c2ccccc2-c2nnn[nH]2)cc1. The monoisotopic (exact) mass is 493 g/mol. The van der Waals surface area contributed by atoms with E-state index in [1.807, 2.05) is 54.6 Å². The topological polar surface area (TPSA) is 111 Å². The summed E-state index contributed by atoms with van der Waals surface area (Å²) in [6.07, 6.45) is 1.47. The molecular weight excluding hydrogens is 466 g/mol. The number of aryl methyl sites for hydroxylation is 1. The lowest BCUT2D eigenvalue weighted by Crippen LogP contribution is -2.30. The van der Waals surface area contributed by atoms with Gasteiger partial charge in [-0.25, -0.2) is 9.89 Å². The summed E-state index contributed by atoms with van der Waals surface area (Å²) < 4.78 is 2.59. The summed E-state index contributed by atoms with van der Waals surface area (Å²) in [4.78, 5) is 26.4. The van der Waals surface area contributed by atoms with Gasteiger partial charge in [-0.05, 0) is 51.6 Å². The van der Waals surface area contributed by atoms with Gasteiger partial charge >= 0.3 is 5.69 Å². The molecule has 186 valence electrons. The minimum absolute atomic E-state index is 0.322. The number of tetrazole rings is 1. The van der Waals surface area contributed by atoms with Gasteiger partial charge in [-0.2, -0.15) is 0 Å². The van der Waals surface area contributed by atoms with Crippen molar-refractivity contribution in [2.24, 2.45) is 5.92 Å². The molecule has 5 aromatic rings. The Morgan fingerprint density at radius 2 is 1.62 bits per heavy atom. The number of carbonyl (C=O) groups excluding carboxylic acids is 1. The summed E-state index contributed by atoms with van der Waals surface area (Å²) in [5.74, 6) is 1.22. The fraction of sp³-hybridized carbons (Fsp3) is 0.214. The van der Waals surface area contributed by atoms with Crippen molar-refractivity contribution in [3.63, 3.8) is 0 Å². The number of nitrogens with zero attached hydrogens (tertiary/aromatic N) is 6. The summed E-state index contributed by atoms with van der Waals surface area (Å²) >= 11 is 0. The Hall–Kier alpha value is -4.66. The van der Waals surface area contributed by atoms with E-state index in [0.29, 0.717) is 36.1 Å². The summed E-state index contributed by atoms with van der Waals surface area (Å²) in [6, 6.07) is 24.6. The summed E-state index contributed by atoms with van der Waals surface area (Å²) in [5.41, 5.74) is 3.81. The minimum Gasteiger partial charge on any atom is -0.274 e. The molecule has 37 heavy (non-hydrogen) atoms. The van der Waals surface area contributed by atoms with E-state index >= 15 is 0 Å². The standard InChI is InChI=1S/C28H27N7O2/c1-19(2)12-17-25-31-35(27(36)22-8-4-3-5-9-22)28(37)34(25)18-20-13-15-21(16-14-20)23-10-6-7-11-24(23)26-29-32-33-30-26/h3-11,13-16,19H,12,17-18H2,1-2H3,(H,29,30,32,33). The van der Waals surface area contributed by atoms with E-state index < -0.39 is 11.6 Å². The highest BCUT2D eigenvalue weighted by molar-refractivity contribution is 5.95. The first-order chi connectivity index (χ1) is 18.0. The maximum Gasteiger partial charge on any atom is 0.353 e. The molecule has 0 saturated carbocycles. The number of H-pyrrole nitrogens is 1. The second kappa shape index (κ2) is 10.5. The second-order valence-corrected chi connectivity index (χ2v) is 9.29. The van der Waals surface area contributed by atoms with Gasteiger partial charge in [-0.15, -0.1) is 14.9 Å². The smallest absolute Gasteiger partial charge is 0.274 e. The fourth-order valence-corrected chi connectivity index (χ4v) is 4.22. The van der Waals surface area contributed by atoms with E-state index in [4.69, 9.17) is 0 Å². The average molecular weight is 494 g/mol.